The summed E-state index contributed by atoms with van der Waals surface area (Å²) in [6, 6.07) is 5.34. The Morgan fingerprint density at radius 3 is 2.48 bits per heavy atom. The fourth-order valence-electron chi connectivity index (χ4n) is 2.64. The molecule has 2 aromatic heterocycles. The molecule has 3 rings (SSSR count). The lowest BCUT2D eigenvalue weighted by atomic mass is 10.2. The first-order chi connectivity index (χ1) is 10.9. The third kappa shape index (κ3) is 3.89. The van der Waals surface area contributed by atoms with Crippen molar-refractivity contribution >= 4 is 15.7 Å². The molecule has 1 fully saturated rings. The van der Waals surface area contributed by atoms with Gasteiger partial charge in [-0.15, -0.1) is 0 Å². The molecule has 0 aliphatic carbocycles. The first-order valence-corrected chi connectivity index (χ1v) is 9.36. The van der Waals surface area contributed by atoms with E-state index in [0.717, 1.165) is 50.0 Å². The normalized spacial score (nSPS) is 16.7. The van der Waals surface area contributed by atoms with Crippen LogP contribution in [0.5, 0.6) is 0 Å². The molecule has 1 aliphatic rings. The maximum absolute atomic E-state index is 11.5. The number of rotatable bonds is 4. The molecule has 0 amide bonds. The zero-order valence-corrected chi connectivity index (χ0v) is 14.1. The summed E-state index contributed by atoms with van der Waals surface area (Å²) in [4.78, 5) is 9.01. The third-order valence-electron chi connectivity index (χ3n) is 3.91. The second-order valence-electron chi connectivity index (χ2n) is 5.82. The van der Waals surface area contributed by atoms with E-state index in [4.69, 9.17) is 4.52 Å². The Morgan fingerprint density at radius 2 is 1.96 bits per heavy atom. The largest absolute Gasteiger partial charge is 0.361 e. The van der Waals surface area contributed by atoms with Crippen LogP contribution < -0.4 is 4.90 Å². The van der Waals surface area contributed by atoms with Crippen LogP contribution in [-0.2, 0) is 16.4 Å². The van der Waals surface area contributed by atoms with E-state index in [9.17, 15) is 8.42 Å². The second kappa shape index (κ2) is 6.29. The van der Waals surface area contributed by atoms with Gasteiger partial charge in [0.1, 0.15) is 11.6 Å². The first-order valence-electron chi connectivity index (χ1n) is 7.47. The number of piperazine rings is 1. The van der Waals surface area contributed by atoms with Gasteiger partial charge in [-0.2, -0.15) is 0 Å². The minimum absolute atomic E-state index is 0.251. The highest BCUT2D eigenvalue weighted by Gasteiger charge is 2.19. The minimum atomic E-state index is -3.20. The second-order valence-corrected chi connectivity index (χ2v) is 7.83. The topological polar surface area (TPSA) is 79.5 Å². The van der Waals surface area contributed by atoms with Gasteiger partial charge in [-0.1, -0.05) is 5.16 Å². The molecule has 7 nitrogen and oxygen atoms in total. The SMILES string of the molecule is Cc1cc(CN2CCN(c3ccc(S(C)(=O)=O)cn3)CC2)no1. The predicted octanol–water partition coefficient (Wildman–Crippen LogP) is 1.10. The molecule has 0 N–H and O–H groups in total. The summed E-state index contributed by atoms with van der Waals surface area (Å²) in [7, 11) is -3.20. The van der Waals surface area contributed by atoms with Crippen molar-refractivity contribution in [2.45, 2.75) is 18.4 Å². The van der Waals surface area contributed by atoms with Crippen molar-refractivity contribution in [2.75, 3.05) is 37.3 Å². The average Bonchev–Trinajstić information content (AvgIpc) is 2.92. The molecule has 0 bridgehead atoms. The monoisotopic (exact) mass is 336 g/mol. The molecular formula is C15H20N4O3S. The van der Waals surface area contributed by atoms with Crippen molar-refractivity contribution < 1.29 is 12.9 Å². The third-order valence-corrected chi connectivity index (χ3v) is 5.01. The Bertz CT molecular complexity index is 762. The van der Waals surface area contributed by atoms with Crippen LogP contribution in [-0.4, -0.2) is 55.9 Å². The summed E-state index contributed by atoms with van der Waals surface area (Å²) in [5.41, 5.74) is 0.951. The molecule has 2 aromatic rings. The number of aryl methyl sites for hydroxylation is 1. The molecule has 0 atom stereocenters. The zero-order chi connectivity index (χ0) is 16.4. The van der Waals surface area contributed by atoms with Gasteiger partial charge in [0, 0.05) is 51.2 Å². The van der Waals surface area contributed by atoms with E-state index in [1.54, 1.807) is 12.1 Å². The van der Waals surface area contributed by atoms with E-state index in [2.05, 4.69) is 19.9 Å². The lowest BCUT2D eigenvalue weighted by Gasteiger charge is -2.34. The van der Waals surface area contributed by atoms with Crippen LogP contribution in [0.3, 0.4) is 0 Å². The van der Waals surface area contributed by atoms with Crippen molar-refractivity contribution in [1.29, 1.82) is 0 Å². The van der Waals surface area contributed by atoms with Crippen molar-refractivity contribution in [2.24, 2.45) is 0 Å². The van der Waals surface area contributed by atoms with Gasteiger partial charge in [-0.05, 0) is 19.1 Å². The number of aromatic nitrogens is 2. The van der Waals surface area contributed by atoms with Gasteiger partial charge in [0.15, 0.2) is 9.84 Å². The molecule has 1 aliphatic heterocycles. The van der Waals surface area contributed by atoms with Gasteiger partial charge < -0.3 is 9.42 Å². The Hall–Kier alpha value is -1.93. The van der Waals surface area contributed by atoms with Crippen LogP contribution in [0.4, 0.5) is 5.82 Å². The van der Waals surface area contributed by atoms with E-state index >= 15 is 0 Å². The molecule has 0 saturated carbocycles. The summed E-state index contributed by atoms with van der Waals surface area (Å²) in [6.45, 7) is 6.18. The smallest absolute Gasteiger partial charge is 0.177 e. The number of hydrogen-bond acceptors (Lipinski definition) is 7. The van der Waals surface area contributed by atoms with Gasteiger partial charge in [-0.25, -0.2) is 13.4 Å². The zero-order valence-electron chi connectivity index (χ0n) is 13.3. The summed E-state index contributed by atoms with van der Waals surface area (Å²) in [5.74, 6) is 1.64. The number of hydrogen-bond donors (Lipinski definition) is 0. The molecule has 1 saturated heterocycles. The Balaban J connectivity index is 1.58. The maximum atomic E-state index is 11.5. The van der Waals surface area contributed by atoms with Crippen LogP contribution in [0.15, 0.2) is 33.8 Å². The van der Waals surface area contributed by atoms with Crippen LogP contribution in [0.1, 0.15) is 11.5 Å². The average molecular weight is 336 g/mol. The fourth-order valence-corrected chi connectivity index (χ4v) is 3.19. The van der Waals surface area contributed by atoms with Gasteiger partial charge in [0.05, 0.1) is 10.6 Å². The minimum Gasteiger partial charge on any atom is -0.361 e. The van der Waals surface area contributed by atoms with E-state index < -0.39 is 9.84 Å². The molecule has 0 unspecified atom stereocenters. The summed E-state index contributed by atoms with van der Waals surface area (Å²) >= 11 is 0. The highest BCUT2D eigenvalue weighted by Crippen LogP contribution is 2.17. The molecule has 8 heteroatoms. The van der Waals surface area contributed by atoms with Gasteiger partial charge in [-0.3, -0.25) is 4.90 Å². The molecule has 23 heavy (non-hydrogen) atoms. The van der Waals surface area contributed by atoms with Gasteiger partial charge in [0.25, 0.3) is 0 Å². The van der Waals surface area contributed by atoms with E-state index in [0.29, 0.717) is 0 Å². The quantitative estimate of drug-likeness (QED) is 0.827. The van der Waals surface area contributed by atoms with Crippen LogP contribution in [0.25, 0.3) is 0 Å². The lowest BCUT2D eigenvalue weighted by molar-refractivity contribution is 0.241. The van der Waals surface area contributed by atoms with Crippen molar-refractivity contribution in [3.05, 3.63) is 35.9 Å². The van der Waals surface area contributed by atoms with Gasteiger partial charge in [0.2, 0.25) is 0 Å². The van der Waals surface area contributed by atoms with Crippen LogP contribution in [0.2, 0.25) is 0 Å². The van der Waals surface area contributed by atoms with Crippen molar-refractivity contribution in [3.8, 4) is 0 Å². The lowest BCUT2D eigenvalue weighted by Crippen LogP contribution is -2.46. The van der Waals surface area contributed by atoms with Crippen LogP contribution >= 0.6 is 0 Å². The summed E-state index contributed by atoms with van der Waals surface area (Å²) < 4.78 is 28.0. The number of anilines is 1. The van der Waals surface area contributed by atoms with E-state index in [1.807, 2.05) is 13.0 Å². The Morgan fingerprint density at radius 1 is 1.22 bits per heavy atom. The number of sulfone groups is 1. The van der Waals surface area contributed by atoms with Crippen molar-refractivity contribution in [3.63, 3.8) is 0 Å². The predicted molar refractivity (Wildman–Crippen MR) is 86.1 cm³/mol. The Kier molecular flexibility index (Phi) is 4.36. The standard InChI is InChI=1S/C15H20N4O3S/c1-12-9-13(17-22-12)11-18-5-7-19(8-6-18)15-4-3-14(10-16-15)23(2,20)21/h3-4,9-10H,5-8,11H2,1-2H3. The van der Waals surface area contributed by atoms with Crippen LogP contribution in [0, 0.1) is 6.92 Å². The fraction of sp³-hybridized carbons (Fsp3) is 0.467. The molecular weight excluding hydrogens is 316 g/mol. The summed E-state index contributed by atoms with van der Waals surface area (Å²) in [6.07, 6.45) is 2.61. The summed E-state index contributed by atoms with van der Waals surface area (Å²) in [5, 5.41) is 4.02. The Labute approximate surface area is 135 Å². The highest BCUT2D eigenvalue weighted by atomic mass is 32.2. The molecule has 3 heterocycles. The number of pyridine rings is 1. The first kappa shape index (κ1) is 15.9. The highest BCUT2D eigenvalue weighted by molar-refractivity contribution is 7.90. The van der Waals surface area contributed by atoms with Crippen molar-refractivity contribution in [1.82, 2.24) is 15.0 Å². The molecule has 0 radical (unpaired) electrons. The van der Waals surface area contributed by atoms with E-state index in [-0.39, 0.29) is 4.90 Å². The van der Waals surface area contributed by atoms with E-state index in [1.165, 1.54) is 12.5 Å². The maximum Gasteiger partial charge on any atom is 0.177 e. The molecule has 0 spiro atoms. The molecule has 124 valence electrons. The number of nitrogens with zero attached hydrogens (tertiary/aromatic N) is 4. The van der Waals surface area contributed by atoms with Gasteiger partial charge >= 0.3 is 0 Å². The molecule has 0 aromatic carbocycles.